The first kappa shape index (κ1) is 19.7. The quantitative estimate of drug-likeness (QED) is 0.810. The fourth-order valence-corrected chi connectivity index (χ4v) is 5.06. The van der Waals surface area contributed by atoms with Crippen molar-refractivity contribution in [3.63, 3.8) is 0 Å². The number of ether oxygens (including phenoxy) is 2. The zero-order valence-electron chi connectivity index (χ0n) is 16.1. The van der Waals surface area contributed by atoms with E-state index in [0.29, 0.717) is 43.5 Å². The van der Waals surface area contributed by atoms with Gasteiger partial charge in [0.05, 0.1) is 11.3 Å². The topological polar surface area (TPSA) is 84.9 Å². The van der Waals surface area contributed by atoms with E-state index >= 15 is 0 Å². The molecule has 2 aromatic rings. The number of piperidine rings is 1. The van der Waals surface area contributed by atoms with Crippen molar-refractivity contribution in [3.05, 3.63) is 48.0 Å². The molecule has 29 heavy (non-hydrogen) atoms. The molecule has 0 radical (unpaired) electrons. The van der Waals surface area contributed by atoms with Gasteiger partial charge >= 0.3 is 0 Å². The third kappa shape index (κ3) is 4.54. The van der Waals surface area contributed by atoms with E-state index in [0.717, 1.165) is 24.8 Å². The van der Waals surface area contributed by atoms with Crippen LogP contribution in [0, 0.1) is 0 Å². The summed E-state index contributed by atoms with van der Waals surface area (Å²) in [5.41, 5.74) is 1.38. The lowest BCUT2D eigenvalue weighted by molar-refractivity contribution is -0.115. The summed E-state index contributed by atoms with van der Waals surface area (Å²) in [6, 6.07) is 11.8. The SMILES string of the molecule is O=C(Cc1ccc(S(=O)(=O)N2CCCCC2)cc1)Nc1ccc2c(c1)OCCO2. The average molecular weight is 416 g/mol. The van der Waals surface area contributed by atoms with Crippen molar-refractivity contribution < 1.29 is 22.7 Å². The average Bonchev–Trinajstić information content (AvgIpc) is 2.74. The van der Waals surface area contributed by atoms with Gasteiger partial charge in [0.15, 0.2) is 11.5 Å². The first-order valence-corrected chi connectivity index (χ1v) is 11.2. The van der Waals surface area contributed by atoms with Crippen LogP contribution >= 0.6 is 0 Å². The minimum Gasteiger partial charge on any atom is -0.486 e. The lowest BCUT2D eigenvalue weighted by Gasteiger charge is -2.25. The minimum atomic E-state index is -3.46. The van der Waals surface area contributed by atoms with E-state index in [2.05, 4.69) is 5.32 Å². The molecule has 2 aliphatic rings. The summed E-state index contributed by atoms with van der Waals surface area (Å²) in [4.78, 5) is 12.6. The van der Waals surface area contributed by atoms with Gasteiger partial charge in [0.2, 0.25) is 15.9 Å². The van der Waals surface area contributed by atoms with Gasteiger partial charge in [-0.15, -0.1) is 0 Å². The van der Waals surface area contributed by atoms with Crippen molar-refractivity contribution in [2.24, 2.45) is 0 Å². The van der Waals surface area contributed by atoms with Crippen molar-refractivity contribution in [1.29, 1.82) is 0 Å². The number of benzene rings is 2. The van der Waals surface area contributed by atoms with E-state index in [-0.39, 0.29) is 17.2 Å². The molecule has 2 aromatic carbocycles. The second-order valence-electron chi connectivity index (χ2n) is 7.19. The Labute approximate surface area is 170 Å². The number of sulfonamides is 1. The van der Waals surface area contributed by atoms with Crippen molar-refractivity contribution in [1.82, 2.24) is 4.31 Å². The van der Waals surface area contributed by atoms with E-state index < -0.39 is 10.0 Å². The fourth-order valence-electron chi connectivity index (χ4n) is 3.55. The molecule has 0 aromatic heterocycles. The van der Waals surface area contributed by atoms with Crippen molar-refractivity contribution in [3.8, 4) is 11.5 Å². The van der Waals surface area contributed by atoms with Crippen LogP contribution in [0.1, 0.15) is 24.8 Å². The molecule has 2 aliphatic heterocycles. The predicted octanol–water partition coefficient (Wildman–Crippen LogP) is 2.81. The largest absolute Gasteiger partial charge is 0.486 e. The van der Waals surface area contributed by atoms with Crippen LogP contribution in [0.4, 0.5) is 5.69 Å². The monoisotopic (exact) mass is 416 g/mol. The van der Waals surface area contributed by atoms with Gasteiger partial charge in [0, 0.05) is 24.8 Å². The second kappa shape index (κ2) is 8.42. The third-order valence-corrected chi connectivity index (χ3v) is 6.98. The maximum absolute atomic E-state index is 12.7. The van der Waals surface area contributed by atoms with Crippen LogP contribution in [-0.2, 0) is 21.2 Å². The van der Waals surface area contributed by atoms with Crippen molar-refractivity contribution in [2.45, 2.75) is 30.6 Å². The zero-order valence-corrected chi connectivity index (χ0v) is 16.9. The van der Waals surface area contributed by atoms with Crippen LogP contribution in [0.3, 0.4) is 0 Å². The van der Waals surface area contributed by atoms with Gasteiger partial charge in [-0.05, 0) is 42.7 Å². The Hall–Kier alpha value is -2.58. The lowest BCUT2D eigenvalue weighted by atomic mass is 10.1. The molecule has 1 fully saturated rings. The summed E-state index contributed by atoms with van der Waals surface area (Å²) in [5.74, 6) is 1.09. The molecular weight excluding hydrogens is 392 g/mol. The summed E-state index contributed by atoms with van der Waals surface area (Å²) < 4.78 is 37.9. The van der Waals surface area contributed by atoms with Crippen LogP contribution in [0.15, 0.2) is 47.4 Å². The molecule has 0 saturated carbocycles. The van der Waals surface area contributed by atoms with Crippen LogP contribution in [-0.4, -0.2) is 44.9 Å². The maximum atomic E-state index is 12.7. The third-order valence-electron chi connectivity index (χ3n) is 5.07. The Balaban J connectivity index is 1.39. The summed E-state index contributed by atoms with van der Waals surface area (Å²) >= 11 is 0. The molecule has 2 heterocycles. The number of carbonyl (C=O) groups is 1. The maximum Gasteiger partial charge on any atom is 0.243 e. The van der Waals surface area contributed by atoms with Crippen LogP contribution in [0.2, 0.25) is 0 Å². The first-order chi connectivity index (χ1) is 14.0. The summed E-state index contributed by atoms with van der Waals surface area (Å²) in [5, 5.41) is 2.84. The highest BCUT2D eigenvalue weighted by Gasteiger charge is 2.25. The molecule has 0 bridgehead atoms. The van der Waals surface area contributed by atoms with Crippen LogP contribution in [0.25, 0.3) is 0 Å². The van der Waals surface area contributed by atoms with E-state index in [1.807, 2.05) is 0 Å². The van der Waals surface area contributed by atoms with Gasteiger partial charge in [0.25, 0.3) is 0 Å². The number of nitrogens with zero attached hydrogens (tertiary/aromatic N) is 1. The highest BCUT2D eigenvalue weighted by molar-refractivity contribution is 7.89. The molecule has 1 amide bonds. The van der Waals surface area contributed by atoms with Crippen molar-refractivity contribution >= 4 is 21.6 Å². The molecule has 1 saturated heterocycles. The molecule has 0 unspecified atom stereocenters. The molecule has 4 rings (SSSR count). The van der Waals surface area contributed by atoms with Crippen LogP contribution in [0.5, 0.6) is 11.5 Å². The normalized spacial score (nSPS) is 17.0. The standard InChI is InChI=1S/C21H24N2O5S/c24-21(22-17-6-9-19-20(15-17)28-13-12-27-19)14-16-4-7-18(8-5-16)29(25,26)23-10-2-1-3-11-23/h4-9,15H,1-3,10-14H2,(H,22,24). The van der Waals surface area contributed by atoms with E-state index in [9.17, 15) is 13.2 Å². The van der Waals surface area contributed by atoms with Gasteiger partial charge in [-0.1, -0.05) is 18.6 Å². The predicted molar refractivity (Wildman–Crippen MR) is 109 cm³/mol. The number of hydrogen-bond donors (Lipinski definition) is 1. The minimum absolute atomic E-state index is 0.151. The number of rotatable bonds is 5. The molecule has 8 heteroatoms. The Morgan fingerprint density at radius 3 is 2.34 bits per heavy atom. The number of fused-ring (bicyclic) bond motifs is 1. The van der Waals surface area contributed by atoms with Crippen molar-refractivity contribution in [2.75, 3.05) is 31.6 Å². The number of carbonyl (C=O) groups excluding carboxylic acids is 1. The number of anilines is 1. The highest BCUT2D eigenvalue weighted by atomic mass is 32.2. The number of amides is 1. The molecular formula is C21H24N2O5S. The molecule has 0 aliphatic carbocycles. The Morgan fingerprint density at radius 2 is 1.62 bits per heavy atom. The highest BCUT2D eigenvalue weighted by Crippen LogP contribution is 2.32. The van der Waals surface area contributed by atoms with Gasteiger partial charge in [-0.3, -0.25) is 4.79 Å². The molecule has 0 spiro atoms. The zero-order chi connectivity index (χ0) is 20.3. The summed E-state index contributed by atoms with van der Waals surface area (Å²) in [7, 11) is -3.46. The Kier molecular flexibility index (Phi) is 5.73. The number of nitrogens with one attached hydrogen (secondary N) is 1. The molecule has 7 nitrogen and oxygen atoms in total. The van der Waals surface area contributed by atoms with Gasteiger partial charge in [-0.25, -0.2) is 8.42 Å². The lowest BCUT2D eigenvalue weighted by Crippen LogP contribution is -2.35. The Bertz CT molecular complexity index is 983. The van der Waals surface area contributed by atoms with E-state index in [4.69, 9.17) is 9.47 Å². The number of hydrogen-bond acceptors (Lipinski definition) is 5. The van der Waals surface area contributed by atoms with Gasteiger partial charge in [-0.2, -0.15) is 4.31 Å². The van der Waals surface area contributed by atoms with E-state index in [1.165, 1.54) is 0 Å². The molecule has 154 valence electrons. The summed E-state index contributed by atoms with van der Waals surface area (Å²) in [6.07, 6.45) is 3.02. The smallest absolute Gasteiger partial charge is 0.243 e. The van der Waals surface area contributed by atoms with Gasteiger partial charge in [0.1, 0.15) is 13.2 Å². The van der Waals surface area contributed by atoms with Gasteiger partial charge < -0.3 is 14.8 Å². The summed E-state index contributed by atoms with van der Waals surface area (Å²) in [6.45, 7) is 2.14. The first-order valence-electron chi connectivity index (χ1n) is 9.81. The van der Waals surface area contributed by atoms with E-state index in [1.54, 1.807) is 46.8 Å². The fraction of sp³-hybridized carbons (Fsp3) is 0.381. The second-order valence-corrected chi connectivity index (χ2v) is 9.13. The Morgan fingerprint density at radius 1 is 0.931 bits per heavy atom. The molecule has 0 atom stereocenters. The van der Waals surface area contributed by atoms with Crippen LogP contribution < -0.4 is 14.8 Å². The molecule has 1 N–H and O–H groups in total.